The van der Waals surface area contributed by atoms with E-state index in [2.05, 4.69) is 4.98 Å². The summed E-state index contributed by atoms with van der Waals surface area (Å²) in [5.74, 6) is 0.209. The van der Waals surface area contributed by atoms with E-state index in [9.17, 15) is 17.2 Å². The number of aromatic nitrogens is 1. The fourth-order valence-electron chi connectivity index (χ4n) is 1.09. The molecule has 1 heterocycles. The second-order valence-corrected chi connectivity index (χ2v) is 5.57. The van der Waals surface area contributed by atoms with Gasteiger partial charge in [0.15, 0.2) is 5.03 Å². The van der Waals surface area contributed by atoms with Crippen molar-refractivity contribution >= 4 is 21.6 Å². The molecule has 0 radical (unpaired) electrons. The van der Waals surface area contributed by atoms with Crippen molar-refractivity contribution in [2.75, 3.05) is 13.6 Å². The van der Waals surface area contributed by atoms with Crippen LogP contribution >= 0.6 is 11.6 Å². The Hall–Kier alpha value is -0.790. The Morgan fingerprint density at radius 2 is 2.12 bits per heavy atom. The summed E-state index contributed by atoms with van der Waals surface area (Å²) in [4.78, 5) is 3.69. The predicted molar refractivity (Wildman–Crippen MR) is 59.6 cm³/mol. The topological polar surface area (TPSA) is 50.3 Å². The first-order valence-electron chi connectivity index (χ1n) is 4.63. The van der Waals surface area contributed by atoms with E-state index in [4.69, 9.17) is 11.6 Å². The number of rotatable bonds is 5. The molecule has 0 bridgehead atoms. The summed E-state index contributed by atoms with van der Waals surface area (Å²) in [5.41, 5.74) is 0.655. The molecule has 0 atom stereocenters. The van der Waals surface area contributed by atoms with Gasteiger partial charge in [-0.3, -0.25) is 0 Å². The lowest BCUT2D eigenvalue weighted by Gasteiger charge is -2.15. The molecule has 1 aromatic heterocycles. The lowest BCUT2D eigenvalue weighted by atomic mass is 10.3. The predicted octanol–water partition coefficient (Wildman–Crippen LogP) is 1.71. The highest BCUT2D eigenvalue weighted by molar-refractivity contribution is 7.89. The molecule has 0 aromatic carbocycles. The van der Waals surface area contributed by atoms with Crippen LogP contribution in [0.1, 0.15) is 5.56 Å². The molecule has 1 aromatic rings. The van der Waals surface area contributed by atoms with Gasteiger partial charge in [0, 0.05) is 19.1 Å². The molecule has 1 rings (SSSR count). The van der Waals surface area contributed by atoms with Gasteiger partial charge in [-0.05, 0) is 11.6 Å². The zero-order chi connectivity index (χ0) is 13.1. The highest BCUT2D eigenvalue weighted by atomic mass is 35.5. The van der Waals surface area contributed by atoms with Gasteiger partial charge in [0.05, 0.1) is 6.54 Å². The minimum atomic E-state index is -3.96. The van der Waals surface area contributed by atoms with E-state index in [0.29, 0.717) is 9.87 Å². The average Bonchev–Trinajstić information content (AvgIpc) is 2.28. The van der Waals surface area contributed by atoms with Crippen LogP contribution in [-0.2, 0) is 15.9 Å². The standard InChI is InChI=1S/C9H11ClF2N2O2S/c1-14(6-8(11)12)17(15,16)9-3-2-7(4-10)5-13-9/h2-3,5,8H,4,6H2,1H3. The highest BCUT2D eigenvalue weighted by Crippen LogP contribution is 2.14. The van der Waals surface area contributed by atoms with Crippen molar-refractivity contribution in [3.05, 3.63) is 23.9 Å². The molecule has 0 aliphatic carbocycles. The first kappa shape index (κ1) is 14.3. The van der Waals surface area contributed by atoms with Crippen molar-refractivity contribution in [3.63, 3.8) is 0 Å². The zero-order valence-electron chi connectivity index (χ0n) is 8.98. The zero-order valence-corrected chi connectivity index (χ0v) is 10.5. The van der Waals surface area contributed by atoms with E-state index < -0.39 is 23.0 Å². The van der Waals surface area contributed by atoms with Gasteiger partial charge in [-0.1, -0.05) is 6.07 Å². The summed E-state index contributed by atoms with van der Waals surface area (Å²) < 4.78 is 48.3. The minimum Gasteiger partial charge on any atom is -0.243 e. The monoisotopic (exact) mass is 284 g/mol. The number of hydrogen-bond donors (Lipinski definition) is 0. The molecule has 0 fully saturated rings. The molecule has 0 aliphatic heterocycles. The summed E-state index contributed by atoms with van der Waals surface area (Å²) in [7, 11) is -2.88. The second-order valence-electron chi connectivity index (χ2n) is 3.31. The van der Waals surface area contributed by atoms with Crippen molar-refractivity contribution in [2.45, 2.75) is 17.3 Å². The maximum Gasteiger partial charge on any atom is 0.260 e. The molecule has 0 unspecified atom stereocenters. The van der Waals surface area contributed by atoms with Crippen LogP contribution < -0.4 is 0 Å². The van der Waals surface area contributed by atoms with Crippen LogP contribution in [0, 0.1) is 0 Å². The summed E-state index contributed by atoms with van der Waals surface area (Å²) in [6.07, 6.45) is -1.42. The molecule has 8 heteroatoms. The van der Waals surface area contributed by atoms with E-state index in [-0.39, 0.29) is 10.9 Å². The van der Waals surface area contributed by atoms with E-state index >= 15 is 0 Å². The smallest absolute Gasteiger partial charge is 0.243 e. The molecular weight excluding hydrogens is 274 g/mol. The summed E-state index contributed by atoms with van der Waals surface area (Å²) in [6, 6.07) is 2.73. The molecule has 0 saturated carbocycles. The molecule has 4 nitrogen and oxygen atoms in total. The average molecular weight is 285 g/mol. The third kappa shape index (κ3) is 3.58. The van der Waals surface area contributed by atoms with Gasteiger partial charge in [-0.15, -0.1) is 11.6 Å². The lowest BCUT2D eigenvalue weighted by Crippen LogP contribution is -2.31. The Morgan fingerprint density at radius 1 is 1.47 bits per heavy atom. The van der Waals surface area contributed by atoms with Gasteiger partial charge in [0.2, 0.25) is 0 Å². The van der Waals surface area contributed by atoms with Crippen LogP contribution in [0.2, 0.25) is 0 Å². The largest absolute Gasteiger partial charge is 0.260 e. The van der Waals surface area contributed by atoms with Gasteiger partial charge < -0.3 is 0 Å². The highest BCUT2D eigenvalue weighted by Gasteiger charge is 2.24. The number of pyridine rings is 1. The van der Waals surface area contributed by atoms with Crippen molar-refractivity contribution in [3.8, 4) is 0 Å². The van der Waals surface area contributed by atoms with E-state index in [0.717, 1.165) is 7.05 Å². The van der Waals surface area contributed by atoms with E-state index in [1.807, 2.05) is 0 Å². The fraction of sp³-hybridized carbons (Fsp3) is 0.444. The number of halogens is 3. The minimum absolute atomic E-state index is 0.209. The quantitative estimate of drug-likeness (QED) is 0.774. The van der Waals surface area contributed by atoms with Gasteiger partial charge in [0.1, 0.15) is 0 Å². The lowest BCUT2D eigenvalue weighted by molar-refractivity contribution is 0.126. The maximum absolute atomic E-state index is 12.1. The SMILES string of the molecule is CN(CC(F)F)S(=O)(=O)c1ccc(CCl)cn1. The van der Waals surface area contributed by atoms with Crippen LogP contribution in [0.3, 0.4) is 0 Å². The molecule has 0 amide bonds. The van der Waals surface area contributed by atoms with Crippen LogP contribution in [0.25, 0.3) is 0 Å². The summed E-state index contributed by atoms with van der Waals surface area (Å²) >= 11 is 5.53. The number of nitrogens with zero attached hydrogens (tertiary/aromatic N) is 2. The normalized spacial score (nSPS) is 12.4. The van der Waals surface area contributed by atoms with Crippen molar-refractivity contribution < 1.29 is 17.2 Å². The molecule has 0 spiro atoms. The van der Waals surface area contributed by atoms with Gasteiger partial charge >= 0.3 is 0 Å². The first-order chi connectivity index (χ1) is 7.87. The molecule has 0 saturated heterocycles. The van der Waals surface area contributed by atoms with Crippen LogP contribution in [0.5, 0.6) is 0 Å². The van der Waals surface area contributed by atoms with Crippen LogP contribution in [0.15, 0.2) is 23.4 Å². The van der Waals surface area contributed by atoms with Crippen LogP contribution in [-0.4, -0.2) is 37.7 Å². The molecular formula is C9H11ClF2N2O2S. The summed E-state index contributed by atoms with van der Waals surface area (Å²) in [6.45, 7) is -0.860. The van der Waals surface area contributed by atoms with Crippen molar-refractivity contribution in [1.82, 2.24) is 9.29 Å². The van der Waals surface area contributed by atoms with Gasteiger partial charge in [0.25, 0.3) is 16.4 Å². The van der Waals surface area contributed by atoms with E-state index in [1.165, 1.54) is 18.3 Å². The number of hydrogen-bond acceptors (Lipinski definition) is 3. The Balaban J connectivity index is 2.96. The number of alkyl halides is 3. The Morgan fingerprint density at radius 3 is 2.53 bits per heavy atom. The first-order valence-corrected chi connectivity index (χ1v) is 6.60. The van der Waals surface area contributed by atoms with Crippen molar-refractivity contribution in [2.24, 2.45) is 0 Å². The Labute approximate surface area is 103 Å². The third-order valence-electron chi connectivity index (χ3n) is 2.02. The molecule has 0 N–H and O–H groups in total. The Kier molecular flexibility index (Phi) is 4.79. The Bertz CT molecular complexity index is 464. The van der Waals surface area contributed by atoms with Gasteiger partial charge in [-0.25, -0.2) is 22.2 Å². The van der Waals surface area contributed by atoms with Gasteiger partial charge in [-0.2, -0.15) is 4.31 Å². The maximum atomic E-state index is 12.1. The molecule has 96 valence electrons. The number of sulfonamides is 1. The molecule has 0 aliphatic rings. The van der Waals surface area contributed by atoms with E-state index in [1.54, 1.807) is 0 Å². The third-order valence-corrected chi connectivity index (χ3v) is 4.07. The molecule has 17 heavy (non-hydrogen) atoms. The second kappa shape index (κ2) is 5.70. The fourth-order valence-corrected chi connectivity index (χ4v) is 2.31. The summed E-state index contributed by atoms with van der Waals surface area (Å²) in [5, 5.41) is -0.269. The van der Waals surface area contributed by atoms with Crippen molar-refractivity contribution in [1.29, 1.82) is 0 Å². The van der Waals surface area contributed by atoms with Crippen LogP contribution in [0.4, 0.5) is 8.78 Å².